The molecular formula is C18H23NO. The summed E-state index contributed by atoms with van der Waals surface area (Å²) in [4.78, 5) is 0. The molecule has 0 fully saturated rings. The highest BCUT2D eigenvalue weighted by Gasteiger charge is 2.21. The number of hydrogen-bond donors (Lipinski definition) is 1. The van der Waals surface area contributed by atoms with E-state index < -0.39 is 0 Å². The monoisotopic (exact) mass is 269 g/mol. The highest BCUT2D eigenvalue weighted by Crippen LogP contribution is 2.30. The molecule has 2 aromatic rings. The summed E-state index contributed by atoms with van der Waals surface area (Å²) < 4.78 is 5.54. The molecule has 106 valence electrons. The van der Waals surface area contributed by atoms with E-state index in [1.165, 1.54) is 35.3 Å². The van der Waals surface area contributed by atoms with Crippen LogP contribution in [-0.2, 0) is 13.0 Å². The van der Waals surface area contributed by atoms with Gasteiger partial charge in [0.25, 0.3) is 0 Å². The fourth-order valence-electron chi connectivity index (χ4n) is 2.96. The average molecular weight is 269 g/mol. The van der Waals surface area contributed by atoms with Crippen molar-refractivity contribution in [3.05, 3.63) is 59.0 Å². The smallest absolute Gasteiger partial charge is 0.108 e. The van der Waals surface area contributed by atoms with Crippen molar-refractivity contribution >= 4 is 0 Å². The predicted molar refractivity (Wildman–Crippen MR) is 81.8 cm³/mol. The number of benzene rings is 1. The van der Waals surface area contributed by atoms with Gasteiger partial charge in [-0.05, 0) is 36.0 Å². The van der Waals surface area contributed by atoms with Crippen LogP contribution in [0.1, 0.15) is 61.1 Å². The van der Waals surface area contributed by atoms with E-state index >= 15 is 0 Å². The standard InChI is InChI=1S/C18H23NO/c1-13(2)15-8-6-14(7-9-15)12-19-17-4-3-5-18-16(17)10-11-20-18/h6-11,13,17,19H,3-5,12H2,1-2H3. The van der Waals surface area contributed by atoms with Gasteiger partial charge in [-0.2, -0.15) is 0 Å². The van der Waals surface area contributed by atoms with Crippen LogP contribution in [0.3, 0.4) is 0 Å². The lowest BCUT2D eigenvalue weighted by Crippen LogP contribution is -2.24. The van der Waals surface area contributed by atoms with E-state index in [0.29, 0.717) is 12.0 Å². The van der Waals surface area contributed by atoms with E-state index in [2.05, 4.69) is 49.5 Å². The van der Waals surface area contributed by atoms with E-state index in [4.69, 9.17) is 4.42 Å². The first-order valence-electron chi connectivity index (χ1n) is 7.62. The van der Waals surface area contributed by atoms with Crippen LogP contribution in [0.4, 0.5) is 0 Å². The van der Waals surface area contributed by atoms with Crippen molar-refractivity contribution < 1.29 is 4.42 Å². The van der Waals surface area contributed by atoms with Gasteiger partial charge in [-0.15, -0.1) is 0 Å². The Morgan fingerprint density at radius 2 is 2.00 bits per heavy atom. The van der Waals surface area contributed by atoms with Gasteiger partial charge < -0.3 is 9.73 Å². The Bertz CT molecular complexity index is 553. The summed E-state index contributed by atoms with van der Waals surface area (Å²) in [6.45, 7) is 5.39. The summed E-state index contributed by atoms with van der Waals surface area (Å²) in [6.07, 6.45) is 5.33. The van der Waals surface area contributed by atoms with Crippen LogP contribution in [0.2, 0.25) is 0 Å². The number of rotatable bonds is 4. The summed E-state index contributed by atoms with van der Waals surface area (Å²) >= 11 is 0. The van der Waals surface area contributed by atoms with Crippen molar-refractivity contribution in [1.82, 2.24) is 5.32 Å². The van der Waals surface area contributed by atoms with E-state index in [0.717, 1.165) is 13.0 Å². The topological polar surface area (TPSA) is 25.2 Å². The Morgan fingerprint density at radius 3 is 2.75 bits per heavy atom. The van der Waals surface area contributed by atoms with Gasteiger partial charge in [0.1, 0.15) is 5.76 Å². The van der Waals surface area contributed by atoms with Crippen molar-refractivity contribution in [2.45, 2.75) is 51.6 Å². The summed E-state index contributed by atoms with van der Waals surface area (Å²) in [5.74, 6) is 1.77. The van der Waals surface area contributed by atoms with Crippen LogP contribution in [0.15, 0.2) is 41.0 Å². The van der Waals surface area contributed by atoms with Gasteiger partial charge in [-0.3, -0.25) is 0 Å². The van der Waals surface area contributed by atoms with Crippen molar-refractivity contribution in [1.29, 1.82) is 0 Å². The molecule has 0 aliphatic heterocycles. The molecule has 2 nitrogen and oxygen atoms in total. The van der Waals surface area contributed by atoms with Crippen LogP contribution in [0.5, 0.6) is 0 Å². The van der Waals surface area contributed by atoms with E-state index in [-0.39, 0.29) is 0 Å². The Morgan fingerprint density at radius 1 is 1.20 bits per heavy atom. The molecule has 1 aliphatic carbocycles. The van der Waals surface area contributed by atoms with Gasteiger partial charge in [0.15, 0.2) is 0 Å². The maximum Gasteiger partial charge on any atom is 0.108 e. The normalized spacial score (nSPS) is 18.2. The van der Waals surface area contributed by atoms with Crippen molar-refractivity contribution in [3.63, 3.8) is 0 Å². The molecule has 1 unspecified atom stereocenters. The number of fused-ring (bicyclic) bond motifs is 1. The predicted octanol–water partition coefficient (Wildman–Crippen LogP) is 4.57. The Labute approximate surface area is 121 Å². The number of nitrogens with one attached hydrogen (secondary N) is 1. The molecule has 1 aromatic carbocycles. The molecule has 1 aromatic heterocycles. The van der Waals surface area contributed by atoms with Crippen LogP contribution < -0.4 is 5.32 Å². The molecule has 3 rings (SSSR count). The van der Waals surface area contributed by atoms with Gasteiger partial charge in [-0.1, -0.05) is 38.1 Å². The van der Waals surface area contributed by atoms with Gasteiger partial charge in [0, 0.05) is 24.6 Å². The number of furan rings is 1. The lowest BCUT2D eigenvalue weighted by Gasteiger charge is -2.23. The largest absolute Gasteiger partial charge is 0.469 e. The Kier molecular flexibility index (Phi) is 3.93. The maximum absolute atomic E-state index is 5.54. The summed E-state index contributed by atoms with van der Waals surface area (Å²) in [6, 6.07) is 11.5. The Balaban J connectivity index is 1.63. The van der Waals surface area contributed by atoms with Crippen molar-refractivity contribution in [2.75, 3.05) is 0 Å². The number of aryl methyl sites for hydroxylation is 1. The lowest BCUT2D eigenvalue weighted by molar-refractivity contribution is 0.411. The third-order valence-corrected chi connectivity index (χ3v) is 4.25. The second kappa shape index (κ2) is 5.84. The van der Waals surface area contributed by atoms with Crippen molar-refractivity contribution in [2.24, 2.45) is 0 Å². The third kappa shape index (κ3) is 2.80. The minimum absolute atomic E-state index is 0.447. The van der Waals surface area contributed by atoms with Gasteiger partial charge >= 0.3 is 0 Å². The van der Waals surface area contributed by atoms with Gasteiger partial charge in [0.05, 0.1) is 6.26 Å². The average Bonchev–Trinajstić information content (AvgIpc) is 2.94. The molecule has 0 amide bonds. The summed E-state index contributed by atoms with van der Waals surface area (Å²) in [7, 11) is 0. The molecule has 0 radical (unpaired) electrons. The molecule has 20 heavy (non-hydrogen) atoms. The first-order chi connectivity index (χ1) is 9.74. The molecule has 0 bridgehead atoms. The zero-order chi connectivity index (χ0) is 13.9. The minimum atomic E-state index is 0.447. The van der Waals surface area contributed by atoms with Crippen LogP contribution in [0, 0.1) is 0 Å². The molecule has 0 spiro atoms. The quantitative estimate of drug-likeness (QED) is 0.879. The fourth-order valence-corrected chi connectivity index (χ4v) is 2.96. The van der Waals surface area contributed by atoms with Crippen LogP contribution >= 0.6 is 0 Å². The molecule has 1 aliphatic rings. The summed E-state index contributed by atoms with van der Waals surface area (Å²) in [5, 5.41) is 3.67. The molecule has 2 heteroatoms. The molecule has 1 heterocycles. The molecule has 0 saturated heterocycles. The first kappa shape index (κ1) is 13.4. The van der Waals surface area contributed by atoms with Crippen molar-refractivity contribution in [3.8, 4) is 0 Å². The van der Waals surface area contributed by atoms with E-state index in [9.17, 15) is 0 Å². The highest BCUT2D eigenvalue weighted by atomic mass is 16.3. The first-order valence-corrected chi connectivity index (χ1v) is 7.62. The van der Waals surface area contributed by atoms with Crippen LogP contribution in [0.25, 0.3) is 0 Å². The van der Waals surface area contributed by atoms with Gasteiger partial charge in [-0.25, -0.2) is 0 Å². The third-order valence-electron chi connectivity index (χ3n) is 4.25. The molecule has 1 atom stereocenters. The van der Waals surface area contributed by atoms with Gasteiger partial charge in [0.2, 0.25) is 0 Å². The van der Waals surface area contributed by atoms with E-state index in [1.54, 1.807) is 0 Å². The maximum atomic E-state index is 5.54. The number of hydrogen-bond acceptors (Lipinski definition) is 2. The zero-order valence-electron chi connectivity index (χ0n) is 12.4. The highest BCUT2D eigenvalue weighted by molar-refractivity contribution is 5.26. The molecule has 1 N–H and O–H groups in total. The SMILES string of the molecule is CC(C)c1ccc(CNC2CCCc3occc32)cc1. The fraction of sp³-hybridized carbons (Fsp3) is 0.444. The minimum Gasteiger partial charge on any atom is -0.469 e. The zero-order valence-corrected chi connectivity index (χ0v) is 12.4. The Hall–Kier alpha value is -1.54. The van der Waals surface area contributed by atoms with E-state index in [1.807, 2.05) is 6.26 Å². The molecule has 0 saturated carbocycles. The lowest BCUT2D eigenvalue weighted by atomic mass is 9.93. The molecular weight excluding hydrogens is 246 g/mol. The summed E-state index contributed by atoms with van der Waals surface area (Å²) in [5.41, 5.74) is 4.11. The second-order valence-electron chi connectivity index (χ2n) is 6.02. The second-order valence-corrected chi connectivity index (χ2v) is 6.02. The van der Waals surface area contributed by atoms with Crippen LogP contribution in [-0.4, -0.2) is 0 Å².